The molecule has 1 rings (SSSR count). The Bertz CT molecular complexity index is 269. The van der Waals surface area contributed by atoms with Crippen LogP contribution in [0.4, 0.5) is 0 Å². The van der Waals surface area contributed by atoms with Gasteiger partial charge in [0, 0.05) is 38.5 Å². The standard InChI is InChI=1S/C15H29N3O2/c1-3-5-9-17-15(20)13-7-11-18(12-8-13)14(19)6-10-16-4-2/h13,16H,3-12H2,1-2H3,(H,17,20). The van der Waals surface area contributed by atoms with E-state index >= 15 is 0 Å². The Kier molecular flexibility index (Phi) is 8.26. The van der Waals surface area contributed by atoms with Gasteiger partial charge in [0.05, 0.1) is 0 Å². The smallest absolute Gasteiger partial charge is 0.223 e. The van der Waals surface area contributed by atoms with Crippen molar-refractivity contribution in [2.45, 2.75) is 46.0 Å². The highest BCUT2D eigenvalue weighted by molar-refractivity contribution is 5.80. The Morgan fingerprint density at radius 3 is 2.45 bits per heavy atom. The predicted octanol–water partition coefficient (Wildman–Crippen LogP) is 1.14. The zero-order chi connectivity index (χ0) is 14.8. The number of amides is 2. The Morgan fingerprint density at radius 1 is 1.15 bits per heavy atom. The van der Waals surface area contributed by atoms with Crippen LogP contribution in [0, 0.1) is 5.92 Å². The average Bonchev–Trinajstić information content (AvgIpc) is 2.47. The predicted molar refractivity (Wildman–Crippen MR) is 80.4 cm³/mol. The molecular weight excluding hydrogens is 254 g/mol. The summed E-state index contributed by atoms with van der Waals surface area (Å²) in [7, 11) is 0. The first kappa shape index (κ1) is 17.0. The first-order valence-corrected chi connectivity index (χ1v) is 7.95. The number of rotatable bonds is 8. The summed E-state index contributed by atoms with van der Waals surface area (Å²) in [5, 5.41) is 6.15. The number of piperidine rings is 1. The number of likely N-dealkylation sites (tertiary alicyclic amines) is 1. The summed E-state index contributed by atoms with van der Waals surface area (Å²) in [6.07, 6.45) is 4.28. The van der Waals surface area contributed by atoms with Crippen molar-refractivity contribution in [2.75, 3.05) is 32.7 Å². The molecule has 0 saturated carbocycles. The van der Waals surface area contributed by atoms with Crippen molar-refractivity contribution in [1.29, 1.82) is 0 Å². The molecule has 0 spiro atoms. The van der Waals surface area contributed by atoms with Crippen LogP contribution in [0.1, 0.15) is 46.0 Å². The van der Waals surface area contributed by atoms with Gasteiger partial charge in [-0.15, -0.1) is 0 Å². The summed E-state index contributed by atoms with van der Waals surface area (Å²) in [4.78, 5) is 25.8. The molecule has 5 heteroatoms. The molecule has 0 atom stereocenters. The van der Waals surface area contributed by atoms with Crippen LogP contribution in [-0.4, -0.2) is 49.4 Å². The summed E-state index contributed by atoms with van der Waals surface area (Å²) < 4.78 is 0. The number of nitrogens with zero attached hydrogens (tertiary/aromatic N) is 1. The van der Waals surface area contributed by atoms with E-state index in [9.17, 15) is 9.59 Å². The van der Waals surface area contributed by atoms with Crippen LogP contribution in [0.3, 0.4) is 0 Å². The van der Waals surface area contributed by atoms with Crippen molar-refractivity contribution in [3.8, 4) is 0 Å². The number of carbonyl (C=O) groups excluding carboxylic acids is 2. The molecule has 1 fully saturated rings. The largest absolute Gasteiger partial charge is 0.356 e. The van der Waals surface area contributed by atoms with Gasteiger partial charge in [0.25, 0.3) is 0 Å². The van der Waals surface area contributed by atoms with E-state index in [4.69, 9.17) is 0 Å². The van der Waals surface area contributed by atoms with E-state index in [1.54, 1.807) is 0 Å². The van der Waals surface area contributed by atoms with Crippen molar-refractivity contribution in [1.82, 2.24) is 15.5 Å². The summed E-state index contributed by atoms with van der Waals surface area (Å²) in [5.41, 5.74) is 0. The minimum atomic E-state index is 0.0877. The van der Waals surface area contributed by atoms with Crippen LogP contribution in [0.15, 0.2) is 0 Å². The Hall–Kier alpha value is -1.10. The minimum Gasteiger partial charge on any atom is -0.356 e. The zero-order valence-electron chi connectivity index (χ0n) is 12.9. The molecule has 2 N–H and O–H groups in total. The van der Waals surface area contributed by atoms with Crippen LogP contribution in [0.25, 0.3) is 0 Å². The highest BCUT2D eigenvalue weighted by Crippen LogP contribution is 2.17. The first-order chi connectivity index (χ1) is 9.69. The lowest BCUT2D eigenvalue weighted by Gasteiger charge is -2.31. The molecule has 0 radical (unpaired) electrons. The maximum atomic E-state index is 11.9. The lowest BCUT2D eigenvalue weighted by molar-refractivity contribution is -0.135. The van der Waals surface area contributed by atoms with Crippen molar-refractivity contribution in [2.24, 2.45) is 5.92 Å². The number of hydrogen-bond donors (Lipinski definition) is 2. The van der Waals surface area contributed by atoms with Gasteiger partial charge in [0.1, 0.15) is 0 Å². The molecule has 0 aromatic rings. The molecule has 0 aromatic heterocycles. The third-order valence-electron chi connectivity index (χ3n) is 3.81. The van der Waals surface area contributed by atoms with Gasteiger partial charge in [-0.05, 0) is 25.8 Å². The van der Waals surface area contributed by atoms with E-state index in [0.29, 0.717) is 6.42 Å². The van der Waals surface area contributed by atoms with Gasteiger partial charge in [-0.2, -0.15) is 0 Å². The molecule has 5 nitrogen and oxygen atoms in total. The maximum Gasteiger partial charge on any atom is 0.223 e. The molecule has 0 unspecified atom stereocenters. The van der Waals surface area contributed by atoms with Crippen LogP contribution in [0.5, 0.6) is 0 Å². The molecule has 1 aliphatic rings. The third-order valence-corrected chi connectivity index (χ3v) is 3.81. The summed E-state index contributed by atoms with van der Waals surface area (Å²) in [6.45, 7) is 8.00. The van der Waals surface area contributed by atoms with E-state index in [0.717, 1.165) is 58.4 Å². The van der Waals surface area contributed by atoms with Gasteiger partial charge in [-0.3, -0.25) is 9.59 Å². The number of unbranched alkanes of at least 4 members (excludes halogenated alkanes) is 1. The molecular formula is C15H29N3O2. The zero-order valence-corrected chi connectivity index (χ0v) is 12.9. The summed E-state index contributed by atoms with van der Waals surface area (Å²) in [5.74, 6) is 0.457. The SMILES string of the molecule is CCCCNC(=O)C1CCN(C(=O)CCNCC)CC1. The number of nitrogens with one attached hydrogen (secondary N) is 2. The normalized spacial score (nSPS) is 16.2. The van der Waals surface area contributed by atoms with Crippen LogP contribution < -0.4 is 10.6 Å². The highest BCUT2D eigenvalue weighted by Gasteiger charge is 2.26. The second-order valence-electron chi connectivity index (χ2n) is 5.40. The molecule has 116 valence electrons. The van der Waals surface area contributed by atoms with Crippen molar-refractivity contribution >= 4 is 11.8 Å². The van der Waals surface area contributed by atoms with Gasteiger partial charge in [-0.25, -0.2) is 0 Å². The quantitative estimate of drug-likeness (QED) is 0.657. The minimum absolute atomic E-state index is 0.0877. The second-order valence-corrected chi connectivity index (χ2v) is 5.40. The van der Waals surface area contributed by atoms with Crippen LogP contribution in [0.2, 0.25) is 0 Å². The monoisotopic (exact) mass is 283 g/mol. The molecule has 0 aliphatic carbocycles. The molecule has 20 heavy (non-hydrogen) atoms. The van der Waals surface area contributed by atoms with Crippen molar-refractivity contribution in [3.05, 3.63) is 0 Å². The van der Waals surface area contributed by atoms with E-state index in [-0.39, 0.29) is 17.7 Å². The first-order valence-electron chi connectivity index (χ1n) is 7.95. The van der Waals surface area contributed by atoms with E-state index in [1.807, 2.05) is 11.8 Å². The lowest BCUT2D eigenvalue weighted by Crippen LogP contribution is -2.43. The molecule has 1 aliphatic heterocycles. The Balaban J connectivity index is 2.21. The van der Waals surface area contributed by atoms with E-state index < -0.39 is 0 Å². The maximum absolute atomic E-state index is 11.9. The van der Waals surface area contributed by atoms with Gasteiger partial charge in [-0.1, -0.05) is 20.3 Å². The number of carbonyl (C=O) groups is 2. The van der Waals surface area contributed by atoms with Crippen LogP contribution in [-0.2, 0) is 9.59 Å². The average molecular weight is 283 g/mol. The fourth-order valence-corrected chi connectivity index (χ4v) is 2.45. The van der Waals surface area contributed by atoms with Crippen molar-refractivity contribution < 1.29 is 9.59 Å². The van der Waals surface area contributed by atoms with Crippen LogP contribution >= 0.6 is 0 Å². The molecule has 1 saturated heterocycles. The van der Waals surface area contributed by atoms with Crippen molar-refractivity contribution in [3.63, 3.8) is 0 Å². The molecule has 2 amide bonds. The molecule has 1 heterocycles. The fraction of sp³-hybridized carbons (Fsp3) is 0.867. The second kappa shape index (κ2) is 9.75. The lowest BCUT2D eigenvalue weighted by atomic mass is 9.95. The van der Waals surface area contributed by atoms with Gasteiger partial charge < -0.3 is 15.5 Å². The molecule has 0 bridgehead atoms. The summed E-state index contributed by atoms with van der Waals surface area (Å²) >= 11 is 0. The molecule has 0 aromatic carbocycles. The topological polar surface area (TPSA) is 61.4 Å². The van der Waals surface area contributed by atoms with Gasteiger partial charge in [0.2, 0.25) is 11.8 Å². The van der Waals surface area contributed by atoms with Gasteiger partial charge in [0.15, 0.2) is 0 Å². The number of hydrogen-bond acceptors (Lipinski definition) is 3. The fourth-order valence-electron chi connectivity index (χ4n) is 2.45. The van der Waals surface area contributed by atoms with Gasteiger partial charge >= 0.3 is 0 Å². The summed E-state index contributed by atoms with van der Waals surface area (Å²) in [6, 6.07) is 0. The third kappa shape index (κ3) is 5.90. The van der Waals surface area contributed by atoms with E-state index in [1.165, 1.54) is 0 Å². The Labute approximate surface area is 122 Å². The highest BCUT2D eigenvalue weighted by atomic mass is 16.2. The van der Waals surface area contributed by atoms with E-state index in [2.05, 4.69) is 17.6 Å². The Morgan fingerprint density at radius 2 is 1.85 bits per heavy atom.